The lowest BCUT2D eigenvalue weighted by Crippen LogP contribution is -2.26. The van der Waals surface area contributed by atoms with Crippen molar-refractivity contribution in [1.29, 1.82) is 0 Å². The lowest BCUT2D eigenvalue weighted by atomic mass is 10.2. The van der Waals surface area contributed by atoms with Crippen LogP contribution >= 0.6 is 0 Å². The van der Waals surface area contributed by atoms with Crippen molar-refractivity contribution < 1.29 is 4.79 Å². The zero-order valence-electron chi connectivity index (χ0n) is 7.95. The number of carbonyl (C=O) groups excluding carboxylic acids is 1. The van der Waals surface area contributed by atoms with E-state index in [4.69, 9.17) is 0 Å². The van der Waals surface area contributed by atoms with Crippen LogP contribution in [-0.4, -0.2) is 13.0 Å². The van der Waals surface area contributed by atoms with Crippen LogP contribution < -0.4 is 4.90 Å². The minimum atomic E-state index is -0.0498. The zero-order valence-corrected chi connectivity index (χ0v) is 7.95. The van der Waals surface area contributed by atoms with E-state index in [0.717, 1.165) is 5.69 Å². The van der Waals surface area contributed by atoms with Crippen molar-refractivity contribution in [3.63, 3.8) is 0 Å². The molecule has 1 aromatic carbocycles. The fourth-order valence-corrected chi connectivity index (χ4v) is 1.06. The Bertz CT molecular complexity index is 316. The third-order valence-corrected chi connectivity index (χ3v) is 1.81. The summed E-state index contributed by atoms with van der Waals surface area (Å²) in [5, 5.41) is 0. The number of nitrogens with zero attached hydrogens (tertiary/aromatic N) is 1. The quantitative estimate of drug-likeness (QED) is 0.631. The first kappa shape index (κ1) is 9.52. The van der Waals surface area contributed by atoms with Crippen LogP contribution in [0.25, 0.3) is 0 Å². The average Bonchev–Trinajstić information content (AvgIpc) is 2.17. The molecule has 1 rings (SSSR count). The molecule has 0 aliphatic carbocycles. The lowest BCUT2D eigenvalue weighted by molar-refractivity contribution is -0.114. The van der Waals surface area contributed by atoms with Crippen molar-refractivity contribution in [2.45, 2.75) is 6.92 Å². The van der Waals surface area contributed by atoms with Gasteiger partial charge in [-0.05, 0) is 19.1 Å². The number of hydrogen-bond donors (Lipinski definition) is 0. The summed E-state index contributed by atoms with van der Waals surface area (Å²) in [6.45, 7) is 5.32. The maximum Gasteiger partial charge on any atom is 0.253 e. The second-order valence-electron chi connectivity index (χ2n) is 2.98. The Morgan fingerprint density at radius 2 is 1.85 bits per heavy atom. The predicted octanol–water partition coefficient (Wildman–Crippen LogP) is 2.23. The molecule has 2 nitrogen and oxygen atoms in total. The molecule has 0 bridgehead atoms. The topological polar surface area (TPSA) is 20.3 Å². The van der Waals surface area contributed by atoms with E-state index in [-0.39, 0.29) is 5.91 Å². The minimum Gasteiger partial charge on any atom is -0.312 e. The molecule has 13 heavy (non-hydrogen) atoms. The summed E-state index contributed by atoms with van der Waals surface area (Å²) >= 11 is 0. The van der Waals surface area contributed by atoms with Gasteiger partial charge in [-0.2, -0.15) is 0 Å². The highest BCUT2D eigenvalue weighted by Gasteiger charge is 2.09. The predicted molar refractivity (Wildman–Crippen MR) is 54.7 cm³/mol. The van der Waals surface area contributed by atoms with Gasteiger partial charge < -0.3 is 4.90 Å². The monoisotopic (exact) mass is 175 g/mol. The number of para-hydroxylation sites is 1. The van der Waals surface area contributed by atoms with Gasteiger partial charge in [0.2, 0.25) is 0 Å². The van der Waals surface area contributed by atoms with Gasteiger partial charge in [0.1, 0.15) is 0 Å². The van der Waals surface area contributed by atoms with E-state index in [1.54, 1.807) is 18.9 Å². The van der Waals surface area contributed by atoms with E-state index in [2.05, 4.69) is 6.58 Å². The number of rotatable bonds is 2. The van der Waals surface area contributed by atoms with Crippen LogP contribution in [0.4, 0.5) is 5.69 Å². The largest absolute Gasteiger partial charge is 0.312 e. The highest BCUT2D eigenvalue weighted by molar-refractivity contribution is 6.04. The van der Waals surface area contributed by atoms with E-state index < -0.39 is 0 Å². The molecule has 2 heteroatoms. The molecule has 0 unspecified atom stereocenters. The van der Waals surface area contributed by atoms with Crippen LogP contribution in [0.1, 0.15) is 6.92 Å². The minimum absolute atomic E-state index is 0.0498. The molecule has 0 aliphatic rings. The Morgan fingerprint density at radius 3 is 2.31 bits per heavy atom. The number of hydrogen-bond acceptors (Lipinski definition) is 1. The van der Waals surface area contributed by atoms with Crippen molar-refractivity contribution in [3.05, 3.63) is 42.5 Å². The lowest BCUT2D eigenvalue weighted by Gasteiger charge is -2.16. The molecular formula is C11H13NO. The molecule has 0 radical (unpaired) electrons. The van der Waals surface area contributed by atoms with Crippen LogP contribution in [0.5, 0.6) is 0 Å². The van der Waals surface area contributed by atoms with E-state index in [1.807, 2.05) is 30.3 Å². The number of carbonyl (C=O) groups is 1. The second kappa shape index (κ2) is 3.90. The molecule has 0 saturated heterocycles. The molecule has 68 valence electrons. The third-order valence-electron chi connectivity index (χ3n) is 1.81. The molecule has 1 amide bonds. The van der Waals surface area contributed by atoms with Gasteiger partial charge in [-0.3, -0.25) is 4.79 Å². The van der Waals surface area contributed by atoms with Crippen molar-refractivity contribution in [1.82, 2.24) is 0 Å². The molecule has 0 heterocycles. The van der Waals surface area contributed by atoms with Gasteiger partial charge in [0.25, 0.3) is 5.91 Å². The Labute approximate surface area is 78.5 Å². The van der Waals surface area contributed by atoms with Crippen LogP contribution in [0.15, 0.2) is 42.5 Å². The van der Waals surface area contributed by atoms with Gasteiger partial charge >= 0.3 is 0 Å². The van der Waals surface area contributed by atoms with Crippen molar-refractivity contribution in [2.75, 3.05) is 11.9 Å². The van der Waals surface area contributed by atoms with Crippen LogP contribution in [0.3, 0.4) is 0 Å². The van der Waals surface area contributed by atoms with Gasteiger partial charge in [0.05, 0.1) is 0 Å². The summed E-state index contributed by atoms with van der Waals surface area (Å²) in [4.78, 5) is 13.1. The number of amides is 1. The van der Waals surface area contributed by atoms with Gasteiger partial charge in [0.15, 0.2) is 0 Å². The summed E-state index contributed by atoms with van der Waals surface area (Å²) in [5.74, 6) is -0.0498. The summed E-state index contributed by atoms with van der Waals surface area (Å²) in [7, 11) is 1.74. The fourth-order valence-electron chi connectivity index (χ4n) is 1.06. The molecule has 0 spiro atoms. The van der Waals surface area contributed by atoms with E-state index >= 15 is 0 Å². The maximum absolute atomic E-state index is 11.5. The number of anilines is 1. The first-order chi connectivity index (χ1) is 6.13. The van der Waals surface area contributed by atoms with E-state index in [9.17, 15) is 4.79 Å². The fraction of sp³-hybridized carbons (Fsp3) is 0.182. The molecule has 0 fully saturated rings. The molecule has 1 aromatic rings. The van der Waals surface area contributed by atoms with Crippen LogP contribution in [0.2, 0.25) is 0 Å². The van der Waals surface area contributed by atoms with Gasteiger partial charge in [-0.15, -0.1) is 0 Å². The normalized spacial score (nSPS) is 9.38. The van der Waals surface area contributed by atoms with E-state index in [1.165, 1.54) is 0 Å². The molecule has 0 atom stereocenters. The van der Waals surface area contributed by atoms with Gasteiger partial charge in [-0.1, -0.05) is 24.8 Å². The average molecular weight is 175 g/mol. The Morgan fingerprint density at radius 1 is 1.31 bits per heavy atom. The number of likely N-dealkylation sites (N-methyl/N-ethyl adjacent to an activating group) is 1. The first-order valence-corrected chi connectivity index (χ1v) is 4.11. The van der Waals surface area contributed by atoms with E-state index in [0.29, 0.717) is 5.57 Å². The van der Waals surface area contributed by atoms with Crippen molar-refractivity contribution in [2.24, 2.45) is 0 Å². The maximum atomic E-state index is 11.5. The Kier molecular flexibility index (Phi) is 2.85. The first-order valence-electron chi connectivity index (χ1n) is 4.11. The zero-order chi connectivity index (χ0) is 9.84. The molecule has 0 N–H and O–H groups in total. The molecule has 0 aromatic heterocycles. The molecule has 0 saturated carbocycles. The highest BCUT2D eigenvalue weighted by Crippen LogP contribution is 2.12. The summed E-state index contributed by atoms with van der Waals surface area (Å²) in [6.07, 6.45) is 0. The second-order valence-corrected chi connectivity index (χ2v) is 2.98. The summed E-state index contributed by atoms with van der Waals surface area (Å²) < 4.78 is 0. The Hall–Kier alpha value is -1.57. The Balaban J connectivity index is 2.86. The SMILES string of the molecule is C=C(C)C(=O)N(C)c1ccccc1. The van der Waals surface area contributed by atoms with Crippen LogP contribution in [0, 0.1) is 0 Å². The smallest absolute Gasteiger partial charge is 0.253 e. The summed E-state index contributed by atoms with van der Waals surface area (Å²) in [6, 6.07) is 9.50. The van der Waals surface area contributed by atoms with Crippen molar-refractivity contribution >= 4 is 11.6 Å². The van der Waals surface area contributed by atoms with Crippen molar-refractivity contribution in [3.8, 4) is 0 Å². The van der Waals surface area contributed by atoms with Crippen LogP contribution in [-0.2, 0) is 4.79 Å². The molecular weight excluding hydrogens is 162 g/mol. The van der Waals surface area contributed by atoms with Gasteiger partial charge in [0, 0.05) is 18.3 Å². The number of benzene rings is 1. The standard InChI is InChI=1S/C11H13NO/c1-9(2)11(13)12(3)10-7-5-4-6-8-10/h4-8H,1H2,2-3H3. The summed E-state index contributed by atoms with van der Waals surface area (Å²) in [5.41, 5.74) is 1.43. The highest BCUT2D eigenvalue weighted by atomic mass is 16.2. The third kappa shape index (κ3) is 2.18. The van der Waals surface area contributed by atoms with Gasteiger partial charge in [-0.25, -0.2) is 0 Å². The molecule has 0 aliphatic heterocycles.